The number of hydrogen-bond acceptors (Lipinski definition) is 5. The molecule has 0 aliphatic heterocycles. The smallest absolute Gasteiger partial charge is 0.270 e. The van der Waals surface area contributed by atoms with Crippen molar-refractivity contribution in [1.29, 1.82) is 0 Å². The third-order valence-electron chi connectivity index (χ3n) is 3.74. The van der Waals surface area contributed by atoms with Crippen LogP contribution in [-0.4, -0.2) is 26.1 Å². The van der Waals surface area contributed by atoms with Crippen LogP contribution in [0, 0.1) is 10.1 Å². The number of anilines is 1. The predicted octanol–water partition coefficient (Wildman–Crippen LogP) is 3.22. The van der Waals surface area contributed by atoms with Crippen LogP contribution in [0.2, 0.25) is 0 Å². The highest BCUT2D eigenvalue weighted by molar-refractivity contribution is 7.90. The van der Waals surface area contributed by atoms with Crippen LogP contribution in [0.1, 0.15) is 18.1 Å². The summed E-state index contributed by atoms with van der Waals surface area (Å²) in [6.07, 6.45) is 2.75. The van der Waals surface area contributed by atoms with E-state index in [1.165, 1.54) is 17.7 Å². The molecule has 2 aromatic carbocycles. The van der Waals surface area contributed by atoms with Crippen molar-refractivity contribution in [2.45, 2.75) is 24.7 Å². The van der Waals surface area contributed by atoms with E-state index in [4.69, 9.17) is 0 Å². The van der Waals surface area contributed by atoms with E-state index < -0.39 is 14.8 Å². The molecule has 0 bridgehead atoms. The zero-order chi connectivity index (χ0) is 17.7. The number of non-ortho nitro benzene ring substituents is 1. The first-order valence-corrected chi connectivity index (χ1v) is 9.50. The first-order valence-electron chi connectivity index (χ1n) is 7.61. The molecule has 2 aromatic rings. The molecule has 7 heteroatoms. The first-order chi connectivity index (χ1) is 11.3. The summed E-state index contributed by atoms with van der Waals surface area (Å²) >= 11 is 0. The number of aryl methyl sites for hydroxylation is 1. The topological polar surface area (TPSA) is 89.3 Å². The fraction of sp³-hybridized carbons (Fsp3) is 0.294. The van der Waals surface area contributed by atoms with Crippen LogP contribution in [0.15, 0.2) is 47.4 Å². The zero-order valence-electron chi connectivity index (χ0n) is 13.7. The van der Waals surface area contributed by atoms with Crippen molar-refractivity contribution in [2.24, 2.45) is 0 Å². The summed E-state index contributed by atoms with van der Waals surface area (Å²) in [5, 5.41) is 13.9. The molecule has 0 saturated heterocycles. The van der Waals surface area contributed by atoms with Crippen molar-refractivity contribution < 1.29 is 13.3 Å². The van der Waals surface area contributed by atoms with Crippen LogP contribution < -0.4 is 5.32 Å². The van der Waals surface area contributed by atoms with E-state index in [2.05, 4.69) is 24.4 Å². The number of sulfone groups is 1. The van der Waals surface area contributed by atoms with Gasteiger partial charge in [-0.3, -0.25) is 10.1 Å². The molecule has 0 aliphatic rings. The minimum absolute atomic E-state index is 0.0574. The summed E-state index contributed by atoms with van der Waals surface area (Å²) in [4.78, 5) is 10.2. The first kappa shape index (κ1) is 17.9. The number of rotatable bonds is 7. The summed E-state index contributed by atoms with van der Waals surface area (Å²) in [6.45, 7) is 2.63. The summed E-state index contributed by atoms with van der Waals surface area (Å²) in [6, 6.07) is 12.1. The highest BCUT2D eigenvalue weighted by Crippen LogP contribution is 2.26. The Morgan fingerprint density at radius 2 is 1.71 bits per heavy atom. The number of benzene rings is 2. The quantitative estimate of drug-likeness (QED) is 0.613. The van der Waals surface area contributed by atoms with Crippen molar-refractivity contribution in [1.82, 2.24) is 0 Å². The maximum absolute atomic E-state index is 11.9. The molecule has 6 nitrogen and oxygen atoms in total. The minimum Gasteiger partial charge on any atom is -0.384 e. The van der Waals surface area contributed by atoms with Gasteiger partial charge in [0, 0.05) is 24.9 Å². The Bertz CT molecular complexity index is 830. The Morgan fingerprint density at radius 1 is 1.08 bits per heavy atom. The van der Waals surface area contributed by atoms with E-state index in [0.29, 0.717) is 12.2 Å². The van der Waals surface area contributed by atoms with Gasteiger partial charge in [0.2, 0.25) is 0 Å². The van der Waals surface area contributed by atoms with Crippen molar-refractivity contribution in [2.75, 3.05) is 18.1 Å². The van der Waals surface area contributed by atoms with Gasteiger partial charge in [0.15, 0.2) is 9.84 Å². The molecule has 0 saturated carbocycles. The number of hydrogen-bond donors (Lipinski definition) is 1. The van der Waals surface area contributed by atoms with Crippen molar-refractivity contribution in [3.05, 3.63) is 63.7 Å². The van der Waals surface area contributed by atoms with Gasteiger partial charge in [-0.1, -0.05) is 31.2 Å². The average molecular weight is 348 g/mol. The fourth-order valence-corrected chi connectivity index (χ4v) is 3.24. The van der Waals surface area contributed by atoms with Crippen LogP contribution in [0.25, 0.3) is 0 Å². The van der Waals surface area contributed by atoms with Crippen LogP contribution >= 0.6 is 0 Å². The maximum Gasteiger partial charge on any atom is 0.270 e. The Kier molecular flexibility index (Phi) is 5.56. The lowest BCUT2D eigenvalue weighted by Crippen LogP contribution is -2.10. The van der Waals surface area contributed by atoms with Gasteiger partial charge in [-0.15, -0.1) is 0 Å². The van der Waals surface area contributed by atoms with E-state index in [1.54, 1.807) is 0 Å². The zero-order valence-corrected chi connectivity index (χ0v) is 14.5. The average Bonchev–Trinajstić information content (AvgIpc) is 2.54. The molecular weight excluding hydrogens is 328 g/mol. The van der Waals surface area contributed by atoms with Gasteiger partial charge in [0.05, 0.1) is 15.5 Å². The van der Waals surface area contributed by atoms with Gasteiger partial charge in [0.25, 0.3) is 5.69 Å². The van der Waals surface area contributed by atoms with E-state index in [1.807, 2.05) is 12.1 Å². The predicted molar refractivity (Wildman–Crippen MR) is 94.2 cm³/mol. The highest BCUT2D eigenvalue weighted by atomic mass is 32.2. The van der Waals surface area contributed by atoms with Gasteiger partial charge in [-0.05, 0) is 30.0 Å². The third-order valence-corrected chi connectivity index (χ3v) is 4.87. The molecule has 0 unspecified atom stereocenters. The van der Waals surface area contributed by atoms with Crippen LogP contribution in [0.3, 0.4) is 0 Å². The number of nitrogens with zero attached hydrogens (tertiary/aromatic N) is 1. The van der Waals surface area contributed by atoms with E-state index in [-0.39, 0.29) is 10.6 Å². The monoisotopic (exact) mass is 348 g/mol. The maximum atomic E-state index is 11.9. The Hall–Kier alpha value is -2.41. The van der Waals surface area contributed by atoms with Crippen LogP contribution in [-0.2, 0) is 22.7 Å². The minimum atomic E-state index is -3.56. The van der Waals surface area contributed by atoms with Gasteiger partial charge < -0.3 is 5.32 Å². The summed E-state index contributed by atoms with van der Waals surface area (Å²) < 4.78 is 23.7. The summed E-state index contributed by atoms with van der Waals surface area (Å²) in [7, 11) is -3.56. The molecule has 0 amide bonds. The fourth-order valence-electron chi connectivity index (χ4n) is 2.36. The second kappa shape index (κ2) is 7.44. The van der Waals surface area contributed by atoms with Gasteiger partial charge in [-0.25, -0.2) is 8.42 Å². The molecule has 0 aromatic heterocycles. The molecule has 0 heterocycles. The molecule has 1 N–H and O–H groups in total. The second-order valence-electron chi connectivity index (χ2n) is 5.56. The normalized spacial score (nSPS) is 11.2. The molecular formula is C17H20N2O4S. The van der Waals surface area contributed by atoms with Crippen molar-refractivity contribution in [3.8, 4) is 0 Å². The molecule has 0 fully saturated rings. The molecule has 128 valence electrons. The summed E-state index contributed by atoms with van der Waals surface area (Å²) in [5.41, 5.74) is 2.55. The molecule has 0 spiro atoms. The highest BCUT2D eigenvalue weighted by Gasteiger charge is 2.18. The lowest BCUT2D eigenvalue weighted by atomic mass is 10.1. The lowest BCUT2D eigenvalue weighted by molar-refractivity contribution is -0.385. The number of nitrogens with one attached hydrogen (secondary N) is 1. The van der Waals surface area contributed by atoms with Gasteiger partial charge >= 0.3 is 0 Å². The molecule has 0 radical (unpaired) electrons. The second-order valence-corrected chi connectivity index (χ2v) is 7.54. The molecule has 0 atom stereocenters. The molecule has 2 rings (SSSR count). The van der Waals surface area contributed by atoms with E-state index in [0.717, 1.165) is 30.7 Å². The Balaban J connectivity index is 2.12. The van der Waals surface area contributed by atoms with E-state index >= 15 is 0 Å². The SMILES string of the molecule is CCc1ccc(CCNc2ccc([N+](=O)[O-])cc2S(C)(=O)=O)cc1. The van der Waals surface area contributed by atoms with Crippen molar-refractivity contribution in [3.63, 3.8) is 0 Å². The molecule has 0 aliphatic carbocycles. The van der Waals surface area contributed by atoms with Crippen LogP contribution in [0.4, 0.5) is 11.4 Å². The largest absolute Gasteiger partial charge is 0.384 e. The number of nitro benzene ring substituents is 1. The standard InChI is InChI=1S/C17H20N2O4S/c1-3-13-4-6-14(7-5-13)10-11-18-16-9-8-15(19(20)21)12-17(16)24(2,22)23/h4-9,12,18H,3,10-11H2,1-2H3. The number of nitro groups is 1. The van der Waals surface area contributed by atoms with Crippen molar-refractivity contribution >= 4 is 21.2 Å². The Morgan fingerprint density at radius 3 is 2.25 bits per heavy atom. The van der Waals surface area contributed by atoms with Gasteiger partial charge in [0.1, 0.15) is 0 Å². The lowest BCUT2D eigenvalue weighted by Gasteiger charge is -2.11. The van der Waals surface area contributed by atoms with Gasteiger partial charge in [-0.2, -0.15) is 0 Å². The third kappa shape index (κ3) is 4.55. The van der Waals surface area contributed by atoms with E-state index in [9.17, 15) is 18.5 Å². The summed E-state index contributed by atoms with van der Waals surface area (Å²) in [5.74, 6) is 0. The molecule has 24 heavy (non-hydrogen) atoms. The Labute approximate surface area is 141 Å². The van der Waals surface area contributed by atoms with Crippen LogP contribution in [0.5, 0.6) is 0 Å².